The number of carbonyl (C=O) groups is 1. The summed E-state index contributed by atoms with van der Waals surface area (Å²) in [6.45, 7) is 1.81. The van der Waals surface area contributed by atoms with Gasteiger partial charge in [0.15, 0.2) is 6.61 Å². The summed E-state index contributed by atoms with van der Waals surface area (Å²) >= 11 is 0. The highest BCUT2D eigenvalue weighted by atomic mass is 16.5. The molecule has 0 saturated carbocycles. The minimum Gasteiger partial charge on any atom is -0.484 e. The van der Waals surface area contributed by atoms with Gasteiger partial charge in [-0.05, 0) is 48.4 Å². The minimum atomic E-state index is -0.485. The van der Waals surface area contributed by atoms with Gasteiger partial charge in [0.1, 0.15) is 18.1 Å². The SMILES string of the molecule is C#CCOc1ccc(CCNCc2ccc(OCC(N)=O)cc2)cc1. The van der Waals surface area contributed by atoms with Gasteiger partial charge in [0.25, 0.3) is 5.91 Å². The molecule has 130 valence electrons. The Morgan fingerprint density at radius 3 is 2.20 bits per heavy atom. The summed E-state index contributed by atoms with van der Waals surface area (Å²) in [7, 11) is 0. The lowest BCUT2D eigenvalue weighted by molar-refractivity contribution is -0.119. The van der Waals surface area contributed by atoms with E-state index >= 15 is 0 Å². The van der Waals surface area contributed by atoms with Crippen molar-refractivity contribution in [2.24, 2.45) is 5.73 Å². The molecule has 0 aliphatic rings. The number of ether oxygens (including phenoxy) is 2. The van der Waals surface area contributed by atoms with E-state index in [9.17, 15) is 4.79 Å². The van der Waals surface area contributed by atoms with E-state index in [0.717, 1.165) is 30.8 Å². The van der Waals surface area contributed by atoms with Crippen LogP contribution in [0.2, 0.25) is 0 Å². The first-order valence-electron chi connectivity index (χ1n) is 8.03. The average Bonchev–Trinajstić information content (AvgIpc) is 2.63. The molecule has 5 nitrogen and oxygen atoms in total. The summed E-state index contributed by atoms with van der Waals surface area (Å²) in [5, 5.41) is 3.40. The average molecular weight is 338 g/mol. The molecule has 0 aliphatic carbocycles. The lowest BCUT2D eigenvalue weighted by Crippen LogP contribution is -2.20. The van der Waals surface area contributed by atoms with E-state index in [1.54, 1.807) is 0 Å². The number of hydrogen-bond donors (Lipinski definition) is 2. The van der Waals surface area contributed by atoms with Crippen molar-refractivity contribution in [1.82, 2.24) is 5.32 Å². The smallest absolute Gasteiger partial charge is 0.255 e. The Bertz CT molecular complexity index is 703. The van der Waals surface area contributed by atoms with Crippen LogP contribution in [0.3, 0.4) is 0 Å². The largest absolute Gasteiger partial charge is 0.484 e. The maximum Gasteiger partial charge on any atom is 0.255 e. The lowest BCUT2D eigenvalue weighted by Gasteiger charge is -2.08. The molecule has 0 radical (unpaired) electrons. The van der Waals surface area contributed by atoms with Crippen LogP contribution < -0.4 is 20.5 Å². The van der Waals surface area contributed by atoms with E-state index in [-0.39, 0.29) is 13.2 Å². The van der Waals surface area contributed by atoms with Gasteiger partial charge in [0, 0.05) is 6.54 Å². The maximum atomic E-state index is 10.7. The van der Waals surface area contributed by atoms with Gasteiger partial charge >= 0.3 is 0 Å². The highest BCUT2D eigenvalue weighted by Gasteiger charge is 1.99. The summed E-state index contributed by atoms with van der Waals surface area (Å²) in [4.78, 5) is 10.7. The number of primary amides is 1. The normalized spacial score (nSPS) is 10.0. The third-order valence-electron chi connectivity index (χ3n) is 3.47. The zero-order valence-corrected chi connectivity index (χ0v) is 14.0. The van der Waals surface area contributed by atoms with Crippen molar-refractivity contribution in [3.8, 4) is 23.8 Å². The summed E-state index contributed by atoms with van der Waals surface area (Å²) in [6, 6.07) is 15.5. The van der Waals surface area contributed by atoms with Crippen LogP contribution in [0, 0.1) is 12.3 Å². The van der Waals surface area contributed by atoms with Crippen molar-refractivity contribution in [2.45, 2.75) is 13.0 Å². The zero-order chi connectivity index (χ0) is 17.9. The lowest BCUT2D eigenvalue weighted by atomic mass is 10.1. The van der Waals surface area contributed by atoms with E-state index in [4.69, 9.17) is 21.6 Å². The minimum absolute atomic E-state index is 0.107. The first-order valence-corrected chi connectivity index (χ1v) is 8.03. The van der Waals surface area contributed by atoms with Gasteiger partial charge in [-0.3, -0.25) is 4.79 Å². The number of nitrogens with one attached hydrogen (secondary N) is 1. The Hall–Kier alpha value is -2.97. The number of benzene rings is 2. The molecule has 0 bridgehead atoms. The van der Waals surface area contributed by atoms with Gasteiger partial charge in [0.05, 0.1) is 0 Å². The molecule has 2 aromatic carbocycles. The molecule has 0 fully saturated rings. The Morgan fingerprint density at radius 2 is 1.60 bits per heavy atom. The van der Waals surface area contributed by atoms with E-state index in [1.165, 1.54) is 5.56 Å². The zero-order valence-electron chi connectivity index (χ0n) is 14.0. The first kappa shape index (κ1) is 18.4. The highest BCUT2D eigenvalue weighted by molar-refractivity contribution is 5.75. The van der Waals surface area contributed by atoms with Crippen molar-refractivity contribution >= 4 is 5.91 Å². The number of carbonyl (C=O) groups excluding carboxylic acids is 1. The molecule has 0 saturated heterocycles. The molecule has 0 aliphatic heterocycles. The Balaban J connectivity index is 1.68. The third-order valence-corrected chi connectivity index (χ3v) is 3.47. The van der Waals surface area contributed by atoms with Gasteiger partial charge in [-0.2, -0.15) is 0 Å². The van der Waals surface area contributed by atoms with Gasteiger partial charge in [-0.25, -0.2) is 0 Å². The quantitative estimate of drug-likeness (QED) is 0.513. The molecule has 1 amide bonds. The van der Waals surface area contributed by atoms with Crippen molar-refractivity contribution in [1.29, 1.82) is 0 Å². The van der Waals surface area contributed by atoms with Gasteiger partial charge in [-0.1, -0.05) is 30.2 Å². The van der Waals surface area contributed by atoms with Crippen LogP contribution in [-0.4, -0.2) is 25.7 Å². The standard InChI is InChI=1S/C20H22N2O3/c1-2-13-24-18-7-3-16(4-8-18)11-12-22-14-17-5-9-19(10-6-17)25-15-20(21)23/h1,3-10,22H,11-15H2,(H2,21,23). The molecule has 0 spiro atoms. The van der Waals surface area contributed by atoms with Gasteiger partial charge < -0.3 is 20.5 Å². The fourth-order valence-electron chi connectivity index (χ4n) is 2.20. The number of nitrogens with two attached hydrogens (primary N) is 1. The molecule has 25 heavy (non-hydrogen) atoms. The van der Waals surface area contributed by atoms with Crippen molar-refractivity contribution < 1.29 is 14.3 Å². The monoisotopic (exact) mass is 338 g/mol. The van der Waals surface area contributed by atoms with Crippen LogP contribution in [-0.2, 0) is 17.8 Å². The fraction of sp³-hybridized carbons (Fsp3) is 0.250. The van der Waals surface area contributed by atoms with E-state index in [0.29, 0.717) is 5.75 Å². The summed E-state index contributed by atoms with van der Waals surface area (Å²) in [5.41, 5.74) is 7.42. The summed E-state index contributed by atoms with van der Waals surface area (Å²) in [6.07, 6.45) is 6.09. The molecule has 2 rings (SSSR count). The maximum absolute atomic E-state index is 10.7. The number of rotatable bonds is 10. The predicted molar refractivity (Wildman–Crippen MR) is 97.3 cm³/mol. The van der Waals surface area contributed by atoms with Crippen molar-refractivity contribution in [3.63, 3.8) is 0 Å². The molecule has 2 aromatic rings. The Morgan fingerprint density at radius 1 is 1.00 bits per heavy atom. The highest BCUT2D eigenvalue weighted by Crippen LogP contribution is 2.13. The second kappa shape index (κ2) is 10.0. The molecule has 5 heteroatoms. The molecular formula is C20H22N2O3. The van der Waals surface area contributed by atoms with Gasteiger partial charge in [0.2, 0.25) is 0 Å². The summed E-state index contributed by atoms with van der Waals surface area (Å²) < 4.78 is 10.6. The molecule has 0 aromatic heterocycles. The Kier molecular flexibility index (Phi) is 7.36. The summed E-state index contributed by atoms with van der Waals surface area (Å²) in [5.74, 6) is 3.38. The van der Waals surface area contributed by atoms with E-state index < -0.39 is 5.91 Å². The second-order valence-electron chi connectivity index (χ2n) is 5.46. The van der Waals surface area contributed by atoms with Crippen LogP contribution in [0.25, 0.3) is 0 Å². The Labute approximate surface area is 148 Å². The fourth-order valence-corrected chi connectivity index (χ4v) is 2.20. The van der Waals surface area contributed by atoms with Crippen LogP contribution in [0.15, 0.2) is 48.5 Å². The van der Waals surface area contributed by atoms with Crippen LogP contribution in [0.5, 0.6) is 11.5 Å². The number of terminal acetylenes is 1. The topological polar surface area (TPSA) is 73.6 Å². The predicted octanol–water partition coefficient (Wildman–Crippen LogP) is 1.89. The van der Waals surface area contributed by atoms with Crippen molar-refractivity contribution in [2.75, 3.05) is 19.8 Å². The number of hydrogen-bond acceptors (Lipinski definition) is 4. The van der Waals surface area contributed by atoms with Gasteiger partial charge in [-0.15, -0.1) is 6.42 Å². The molecule has 0 atom stereocenters. The third kappa shape index (κ3) is 6.98. The van der Waals surface area contributed by atoms with Crippen LogP contribution in [0.4, 0.5) is 0 Å². The molecule has 0 unspecified atom stereocenters. The second-order valence-corrected chi connectivity index (χ2v) is 5.46. The van der Waals surface area contributed by atoms with E-state index in [1.807, 2.05) is 48.5 Å². The molecular weight excluding hydrogens is 316 g/mol. The molecule has 0 heterocycles. The molecule has 3 N–H and O–H groups in total. The van der Waals surface area contributed by atoms with Crippen LogP contribution >= 0.6 is 0 Å². The van der Waals surface area contributed by atoms with E-state index in [2.05, 4.69) is 11.2 Å². The first-order chi connectivity index (χ1) is 12.2. The van der Waals surface area contributed by atoms with Crippen LogP contribution in [0.1, 0.15) is 11.1 Å². The number of amides is 1. The van der Waals surface area contributed by atoms with Crippen molar-refractivity contribution in [3.05, 3.63) is 59.7 Å².